The van der Waals surface area contributed by atoms with Gasteiger partial charge in [-0.15, -0.1) is 0 Å². The van der Waals surface area contributed by atoms with Crippen LogP contribution in [0.15, 0.2) is 72.9 Å². The van der Waals surface area contributed by atoms with Crippen LogP contribution < -0.4 is 0 Å². The van der Waals surface area contributed by atoms with Crippen LogP contribution in [0.5, 0.6) is 0 Å². The van der Waals surface area contributed by atoms with Crippen molar-refractivity contribution in [1.29, 1.82) is 0 Å². The normalized spacial score (nSPS) is 21.3. The number of carbonyl (C=O) groups excluding carboxylic acids is 2. The molecule has 1 aliphatic heterocycles. The van der Waals surface area contributed by atoms with Gasteiger partial charge in [-0.05, 0) is 64.2 Å². The number of carbonyl (C=O) groups is 2. The van der Waals surface area contributed by atoms with Crippen molar-refractivity contribution in [1.82, 2.24) is 0 Å². The molecule has 1 saturated heterocycles. The van der Waals surface area contributed by atoms with Crippen molar-refractivity contribution >= 4 is 11.9 Å². The Morgan fingerprint density at radius 3 is 1.69 bits per heavy atom. The highest BCUT2D eigenvalue weighted by Gasteiger charge is 2.44. The van der Waals surface area contributed by atoms with Gasteiger partial charge in [0.1, 0.15) is 31.0 Å². The van der Waals surface area contributed by atoms with Gasteiger partial charge in [-0.2, -0.15) is 0 Å². The van der Waals surface area contributed by atoms with Gasteiger partial charge < -0.3 is 39.4 Å². The van der Waals surface area contributed by atoms with Gasteiger partial charge >= 0.3 is 11.9 Å². The summed E-state index contributed by atoms with van der Waals surface area (Å²) in [5.41, 5.74) is 0. The van der Waals surface area contributed by atoms with Gasteiger partial charge in [0.05, 0.1) is 19.6 Å². The van der Waals surface area contributed by atoms with Crippen LogP contribution in [0.3, 0.4) is 0 Å². The molecule has 1 heterocycles. The molecule has 1 rings (SSSR count). The zero-order chi connectivity index (χ0) is 40.2. The Bertz CT molecular complexity index is 1120. The molecular weight excluding hydrogens is 700 g/mol. The lowest BCUT2D eigenvalue weighted by atomic mass is 9.99. The third-order valence-corrected chi connectivity index (χ3v) is 9.11. The highest BCUT2D eigenvalue weighted by molar-refractivity contribution is 5.71. The second kappa shape index (κ2) is 35.5. The maximum absolute atomic E-state index is 12.7. The van der Waals surface area contributed by atoms with Crippen LogP contribution in [0, 0.1) is 0 Å². The predicted molar refractivity (Wildman–Crippen MR) is 219 cm³/mol. The summed E-state index contributed by atoms with van der Waals surface area (Å²) in [5, 5.41) is 40.0. The Balaban J connectivity index is 2.44. The van der Waals surface area contributed by atoms with Crippen LogP contribution in [-0.4, -0.2) is 89.0 Å². The molecule has 0 bridgehead atoms. The first-order valence-corrected chi connectivity index (χ1v) is 21.0. The zero-order valence-electron chi connectivity index (χ0n) is 33.9. The summed E-state index contributed by atoms with van der Waals surface area (Å²) in [6.45, 7) is 3.17. The number of hydrogen-bond acceptors (Lipinski definition) is 10. The first-order chi connectivity index (χ1) is 26.8. The van der Waals surface area contributed by atoms with Crippen molar-refractivity contribution < 1.29 is 49.0 Å². The Morgan fingerprint density at radius 2 is 1.13 bits per heavy atom. The standard InChI is InChI=1S/C45H74O10/c1-3-5-7-9-11-13-15-17-19-21-23-25-27-29-31-33-40(47)52-36-38(37-53-45-44(51)43(50)42(49)39(35-46)55-45)54-41(48)34-32-30-28-26-24-22-20-18-16-14-12-10-8-6-4-2/h6,8,12,14,17-20,24,26,30,32,38-39,42-46,49-51H,3-5,7,9-11,13,15-16,21-23,25,27-29,31,33-37H2,1-2H3/b8-6-,14-12-,19-17-,20-18-,26-24-,32-30-. The Labute approximate surface area is 332 Å². The summed E-state index contributed by atoms with van der Waals surface area (Å²) in [4.78, 5) is 25.2. The lowest BCUT2D eigenvalue weighted by Crippen LogP contribution is -2.59. The van der Waals surface area contributed by atoms with Crippen molar-refractivity contribution in [3.05, 3.63) is 72.9 Å². The number of aliphatic hydroxyl groups is 4. The lowest BCUT2D eigenvalue weighted by molar-refractivity contribution is -0.305. The Morgan fingerprint density at radius 1 is 0.600 bits per heavy atom. The topological polar surface area (TPSA) is 152 Å². The molecule has 0 amide bonds. The Hall–Kier alpha value is -2.86. The van der Waals surface area contributed by atoms with Gasteiger partial charge in [0.15, 0.2) is 12.4 Å². The van der Waals surface area contributed by atoms with Crippen molar-refractivity contribution in [2.24, 2.45) is 0 Å². The zero-order valence-corrected chi connectivity index (χ0v) is 33.9. The van der Waals surface area contributed by atoms with Gasteiger partial charge in [0.2, 0.25) is 0 Å². The lowest BCUT2D eigenvalue weighted by Gasteiger charge is -2.39. The maximum Gasteiger partial charge on any atom is 0.310 e. The molecule has 0 spiro atoms. The van der Waals surface area contributed by atoms with Crippen LogP contribution >= 0.6 is 0 Å². The fourth-order valence-electron chi connectivity index (χ4n) is 5.79. The van der Waals surface area contributed by atoms with Crippen molar-refractivity contribution in [3.63, 3.8) is 0 Å². The minimum Gasteiger partial charge on any atom is -0.462 e. The average Bonchev–Trinajstić information content (AvgIpc) is 3.18. The minimum absolute atomic E-state index is 0.00701. The van der Waals surface area contributed by atoms with E-state index in [0.717, 1.165) is 57.8 Å². The molecule has 6 atom stereocenters. The number of allylic oxidation sites excluding steroid dienone is 11. The number of hydrogen-bond donors (Lipinski definition) is 4. The van der Waals surface area contributed by atoms with Crippen molar-refractivity contribution in [2.75, 3.05) is 19.8 Å². The van der Waals surface area contributed by atoms with E-state index in [0.29, 0.717) is 12.8 Å². The van der Waals surface area contributed by atoms with Gasteiger partial charge in [0.25, 0.3) is 0 Å². The quantitative estimate of drug-likeness (QED) is 0.0291. The van der Waals surface area contributed by atoms with Gasteiger partial charge in [-0.25, -0.2) is 0 Å². The molecular formula is C45H74O10. The fraction of sp³-hybridized carbons (Fsp3) is 0.689. The third kappa shape index (κ3) is 27.4. The predicted octanol–water partition coefficient (Wildman–Crippen LogP) is 8.44. The number of esters is 2. The van der Waals surface area contributed by atoms with Crippen LogP contribution in [0.1, 0.15) is 142 Å². The number of rotatable bonds is 33. The van der Waals surface area contributed by atoms with E-state index in [9.17, 15) is 30.0 Å². The maximum atomic E-state index is 12.7. The highest BCUT2D eigenvalue weighted by atomic mass is 16.7. The van der Waals surface area contributed by atoms with Gasteiger partial charge in [-0.1, -0.05) is 138 Å². The summed E-state index contributed by atoms with van der Waals surface area (Å²) in [6.07, 6.45) is 36.5. The van der Waals surface area contributed by atoms with E-state index < -0.39 is 55.4 Å². The molecule has 10 nitrogen and oxygen atoms in total. The molecule has 55 heavy (non-hydrogen) atoms. The van der Waals surface area contributed by atoms with E-state index in [4.69, 9.17) is 18.9 Å². The molecule has 0 radical (unpaired) electrons. The van der Waals surface area contributed by atoms with Crippen LogP contribution in [0.2, 0.25) is 0 Å². The van der Waals surface area contributed by atoms with Crippen LogP contribution in [0.4, 0.5) is 0 Å². The molecule has 0 aromatic rings. The van der Waals surface area contributed by atoms with E-state index in [1.807, 2.05) is 12.2 Å². The second-order valence-corrected chi connectivity index (χ2v) is 14.1. The third-order valence-electron chi connectivity index (χ3n) is 9.11. The summed E-state index contributed by atoms with van der Waals surface area (Å²) < 4.78 is 22.0. The Kier molecular flexibility index (Phi) is 32.4. The van der Waals surface area contributed by atoms with E-state index in [1.165, 1.54) is 44.9 Å². The second-order valence-electron chi connectivity index (χ2n) is 14.1. The molecule has 4 N–H and O–H groups in total. The number of aliphatic hydroxyl groups excluding tert-OH is 4. The first-order valence-electron chi connectivity index (χ1n) is 21.0. The molecule has 1 aliphatic rings. The molecule has 0 aromatic carbocycles. The minimum atomic E-state index is -1.61. The highest BCUT2D eigenvalue weighted by Crippen LogP contribution is 2.22. The summed E-state index contributed by atoms with van der Waals surface area (Å²) >= 11 is 0. The molecule has 10 heteroatoms. The van der Waals surface area contributed by atoms with Crippen molar-refractivity contribution in [2.45, 2.75) is 179 Å². The van der Waals surface area contributed by atoms with E-state index >= 15 is 0 Å². The van der Waals surface area contributed by atoms with Gasteiger partial charge in [-0.3, -0.25) is 9.59 Å². The monoisotopic (exact) mass is 775 g/mol. The average molecular weight is 775 g/mol. The molecule has 6 unspecified atom stereocenters. The van der Waals surface area contributed by atoms with Gasteiger partial charge in [0, 0.05) is 6.42 Å². The molecule has 0 saturated carbocycles. The molecule has 0 aliphatic carbocycles. The van der Waals surface area contributed by atoms with E-state index in [-0.39, 0.29) is 26.1 Å². The molecule has 1 fully saturated rings. The summed E-state index contributed by atoms with van der Waals surface area (Å²) in [7, 11) is 0. The summed E-state index contributed by atoms with van der Waals surface area (Å²) in [6, 6.07) is 0. The first kappa shape index (κ1) is 50.2. The number of ether oxygens (including phenoxy) is 4. The van der Waals surface area contributed by atoms with Crippen molar-refractivity contribution in [3.8, 4) is 0 Å². The number of unbranched alkanes of at least 4 members (excludes halogenated alkanes) is 11. The van der Waals surface area contributed by atoms with Crippen LogP contribution in [0.25, 0.3) is 0 Å². The largest absolute Gasteiger partial charge is 0.462 e. The van der Waals surface area contributed by atoms with E-state index in [2.05, 4.69) is 68.5 Å². The SMILES string of the molecule is CC/C=C\C/C=C\C/C=C\C/C=C\C/C=C\CC(=O)OC(COC(=O)CCCCCCC/C=C\CCCCCCCC)COC1OC(CO)C(O)C(O)C1O. The molecule has 314 valence electrons. The fourth-order valence-corrected chi connectivity index (χ4v) is 5.79. The smallest absolute Gasteiger partial charge is 0.310 e. The summed E-state index contributed by atoms with van der Waals surface area (Å²) in [5.74, 6) is -0.971. The molecule has 0 aromatic heterocycles. The van der Waals surface area contributed by atoms with Crippen LogP contribution in [-0.2, 0) is 28.5 Å². The van der Waals surface area contributed by atoms with E-state index in [1.54, 1.807) is 6.08 Å².